The van der Waals surface area contributed by atoms with Crippen molar-refractivity contribution < 1.29 is 4.79 Å². The van der Waals surface area contributed by atoms with Gasteiger partial charge in [-0.1, -0.05) is 19.1 Å². The average Bonchev–Trinajstić information content (AvgIpc) is 2.48. The van der Waals surface area contributed by atoms with E-state index in [9.17, 15) is 4.79 Å². The minimum absolute atomic E-state index is 0.178. The number of carbonyl (C=O) groups is 1. The molecule has 0 N–H and O–H groups in total. The summed E-state index contributed by atoms with van der Waals surface area (Å²) in [5, 5.41) is 0. The number of benzene rings is 1. The van der Waals surface area contributed by atoms with Crippen molar-refractivity contribution in [2.75, 3.05) is 43.0 Å². The lowest BCUT2D eigenvalue weighted by atomic mass is 9.99. The number of para-hydroxylation sites is 2. The third-order valence-electron chi connectivity index (χ3n) is 4.53. The Bertz CT molecular complexity index is 494. The lowest BCUT2D eigenvalue weighted by Gasteiger charge is -2.40. The van der Waals surface area contributed by atoms with Crippen LogP contribution >= 0.6 is 0 Å². The highest BCUT2D eigenvalue weighted by molar-refractivity contribution is 5.96. The summed E-state index contributed by atoms with van der Waals surface area (Å²) >= 11 is 0. The van der Waals surface area contributed by atoms with Crippen molar-refractivity contribution >= 4 is 17.4 Å². The van der Waals surface area contributed by atoms with Crippen LogP contribution in [0.15, 0.2) is 24.3 Å². The molecule has 1 fully saturated rings. The van der Waals surface area contributed by atoms with Crippen LogP contribution in [0.5, 0.6) is 0 Å². The van der Waals surface area contributed by atoms with E-state index in [0.717, 1.165) is 56.3 Å². The van der Waals surface area contributed by atoms with Crippen molar-refractivity contribution in [1.29, 1.82) is 0 Å². The molecule has 0 atom stereocenters. The number of piperidine rings is 1. The number of rotatable bonds is 0. The van der Waals surface area contributed by atoms with Gasteiger partial charge in [0.25, 0.3) is 0 Å². The van der Waals surface area contributed by atoms with Crippen LogP contribution in [0.25, 0.3) is 0 Å². The first-order valence-corrected chi connectivity index (χ1v) is 7.53. The van der Waals surface area contributed by atoms with E-state index < -0.39 is 0 Å². The molecule has 20 heavy (non-hydrogen) atoms. The molecule has 1 aromatic rings. The summed E-state index contributed by atoms with van der Waals surface area (Å²) in [6.07, 6.45) is 2.25. The quantitative estimate of drug-likeness (QED) is 0.726. The van der Waals surface area contributed by atoms with Crippen molar-refractivity contribution in [3.63, 3.8) is 0 Å². The Labute approximate surface area is 121 Å². The molecule has 4 heteroatoms. The third kappa shape index (κ3) is 2.35. The molecule has 0 spiro atoms. The van der Waals surface area contributed by atoms with Gasteiger partial charge < -0.3 is 9.80 Å². The number of urea groups is 1. The Balaban J connectivity index is 1.81. The van der Waals surface area contributed by atoms with E-state index in [4.69, 9.17) is 0 Å². The number of likely N-dealkylation sites (N-methyl/N-ethyl adjacent to an activating group) is 1. The molecule has 0 saturated carbocycles. The van der Waals surface area contributed by atoms with E-state index >= 15 is 0 Å². The highest BCUT2D eigenvalue weighted by atomic mass is 16.2. The van der Waals surface area contributed by atoms with Gasteiger partial charge in [-0.05, 0) is 30.9 Å². The van der Waals surface area contributed by atoms with E-state index in [2.05, 4.69) is 31.0 Å². The minimum atomic E-state index is 0.178. The van der Waals surface area contributed by atoms with Crippen LogP contribution in [0.1, 0.15) is 19.8 Å². The van der Waals surface area contributed by atoms with Crippen LogP contribution in [0.4, 0.5) is 16.2 Å². The molecule has 0 bridgehead atoms. The molecular formula is C16H23N3O. The number of likely N-dealkylation sites (tertiary alicyclic amines) is 1. The fourth-order valence-electron chi connectivity index (χ4n) is 3.08. The normalized spacial score (nSPS) is 20.0. The Kier molecular flexibility index (Phi) is 3.55. The molecule has 108 valence electrons. The summed E-state index contributed by atoms with van der Waals surface area (Å²) in [5.41, 5.74) is 2.20. The lowest BCUT2D eigenvalue weighted by molar-refractivity contribution is 0.180. The topological polar surface area (TPSA) is 26.8 Å². The highest BCUT2D eigenvalue weighted by Crippen LogP contribution is 2.32. The largest absolute Gasteiger partial charge is 0.371 e. The Morgan fingerprint density at radius 2 is 1.70 bits per heavy atom. The minimum Gasteiger partial charge on any atom is -0.371 e. The second-order valence-electron chi connectivity index (χ2n) is 6.01. The predicted octanol–water partition coefficient (Wildman–Crippen LogP) is 2.79. The van der Waals surface area contributed by atoms with Gasteiger partial charge >= 0.3 is 6.03 Å². The lowest BCUT2D eigenvalue weighted by Crippen LogP contribution is -2.50. The first kappa shape index (κ1) is 13.3. The Morgan fingerprint density at radius 3 is 2.40 bits per heavy atom. The summed E-state index contributed by atoms with van der Waals surface area (Å²) in [5.74, 6) is 0.749. The monoisotopic (exact) mass is 273 g/mol. The van der Waals surface area contributed by atoms with E-state index in [0.29, 0.717) is 0 Å². The Hall–Kier alpha value is -1.71. The van der Waals surface area contributed by atoms with E-state index in [1.54, 1.807) is 0 Å². The summed E-state index contributed by atoms with van der Waals surface area (Å²) in [4.78, 5) is 18.9. The number of fused-ring (bicyclic) bond motifs is 1. The zero-order valence-electron chi connectivity index (χ0n) is 12.4. The second-order valence-corrected chi connectivity index (χ2v) is 6.01. The van der Waals surface area contributed by atoms with Gasteiger partial charge in [-0.2, -0.15) is 0 Å². The summed E-state index contributed by atoms with van der Waals surface area (Å²) < 4.78 is 0. The fraction of sp³-hybridized carbons (Fsp3) is 0.562. The van der Waals surface area contributed by atoms with E-state index in [1.165, 1.54) is 0 Å². The van der Waals surface area contributed by atoms with Gasteiger partial charge in [0.05, 0.1) is 11.4 Å². The molecule has 0 radical (unpaired) electrons. The van der Waals surface area contributed by atoms with E-state index in [-0.39, 0.29) is 6.03 Å². The van der Waals surface area contributed by atoms with Gasteiger partial charge in [0.2, 0.25) is 0 Å². The fourth-order valence-corrected chi connectivity index (χ4v) is 3.08. The zero-order valence-corrected chi connectivity index (χ0v) is 12.4. The summed E-state index contributed by atoms with van der Waals surface area (Å²) in [7, 11) is 2.09. The molecule has 2 aliphatic heterocycles. The maximum atomic E-state index is 12.8. The SMILES string of the molecule is CC1CCN(C(=O)N2CCN(C)c3ccccc32)CC1. The van der Waals surface area contributed by atoms with Crippen molar-refractivity contribution in [1.82, 2.24) is 4.90 Å². The molecular weight excluding hydrogens is 250 g/mol. The van der Waals surface area contributed by atoms with Crippen LogP contribution in [0.3, 0.4) is 0 Å². The molecule has 4 nitrogen and oxygen atoms in total. The van der Waals surface area contributed by atoms with Crippen LogP contribution in [0.2, 0.25) is 0 Å². The van der Waals surface area contributed by atoms with Gasteiger partial charge in [0.1, 0.15) is 0 Å². The van der Waals surface area contributed by atoms with Gasteiger partial charge in [0, 0.05) is 33.2 Å². The van der Waals surface area contributed by atoms with Gasteiger partial charge in [-0.15, -0.1) is 0 Å². The van der Waals surface area contributed by atoms with Crippen LogP contribution in [0, 0.1) is 5.92 Å². The first-order chi connectivity index (χ1) is 9.66. The summed E-state index contributed by atoms with van der Waals surface area (Å²) in [6.45, 7) is 5.74. The average molecular weight is 273 g/mol. The highest BCUT2D eigenvalue weighted by Gasteiger charge is 2.29. The number of amides is 2. The van der Waals surface area contributed by atoms with Gasteiger partial charge in [0.15, 0.2) is 0 Å². The number of anilines is 2. The molecule has 0 aliphatic carbocycles. The van der Waals surface area contributed by atoms with Crippen molar-refractivity contribution in [3.05, 3.63) is 24.3 Å². The van der Waals surface area contributed by atoms with Gasteiger partial charge in [-0.25, -0.2) is 4.79 Å². The summed E-state index contributed by atoms with van der Waals surface area (Å²) in [6, 6.07) is 8.36. The molecule has 0 aromatic heterocycles. The molecule has 0 unspecified atom stereocenters. The second kappa shape index (κ2) is 5.35. The molecule has 2 heterocycles. The number of nitrogens with zero attached hydrogens (tertiary/aromatic N) is 3. The molecule has 1 saturated heterocycles. The molecule has 3 rings (SSSR count). The molecule has 1 aromatic carbocycles. The zero-order chi connectivity index (χ0) is 14.1. The Morgan fingerprint density at radius 1 is 1.05 bits per heavy atom. The molecule has 2 aliphatic rings. The van der Waals surface area contributed by atoms with Crippen molar-refractivity contribution in [2.24, 2.45) is 5.92 Å². The maximum Gasteiger partial charge on any atom is 0.324 e. The number of carbonyl (C=O) groups excluding carboxylic acids is 1. The van der Waals surface area contributed by atoms with Crippen molar-refractivity contribution in [2.45, 2.75) is 19.8 Å². The number of hydrogen-bond donors (Lipinski definition) is 0. The maximum absolute atomic E-state index is 12.8. The van der Waals surface area contributed by atoms with Crippen LogP contribution in [-0.4, -0.2) is 44.2 Å². The smallest absolute Gasteiger partial charge is 0.324 e. The van der Waals surface area contributed by atoms with Crippen LogP contribution in [-0.2, 0) is 0 Å². The standard InChI is InChI=1S/C16H23N3O/c1-13-7-9-18(10-8-13)16(20)19-12-11-17(2)14-5-3-4-6-15(14)19/h3-6,13H,7-12H2,1-2H3. The number of hydrogen-bond acceptors (Lipinski definition) is 2. The first-order valence-electron chi connectivity index (χ1n) is 7.53. The van der Waals surface area contributed by atoms with Gasteiger partial charge in [-0.3, -0.25) is 4.90 Å². The van der Waals surface area contributed by atoms with E-state index in [1.807, 2.05) is 21.9 Å². The molecule has 2 amide bonds. The third-order valence-corrected chi connectivity index (χ3v) is 4.53. The van der Waals surface area contributed by atoms with Crippen LogP contribution < -0.4 is 9.80 Å². The van der Waals surface area contributed by atoms with Crippen molar-refractivity contribution in [3.8, 4) is 0 Å². The predicted molar refractivity (Wildman–Crippen MR) is 82.4 cm³/mol.